The van der Waals surface area contributed by atoms with Crippen molar-refractivity contribution in [3.05, 3.63) is 39.7 Å². The third-order valence-corrected chi connectivity index (χ3v) is 10.1. The zero-order chi connectivity index (χ0) is 28.5. The summed E-state index contributed by atoms with van der Waals surface area (Å²) in [6.07, 6.45) is 6.44. The topological polar surface area (TPSA) is 148 Å². The van der Waals surface area contributed by atoms with Gasteiger partial charge in [0.05, 0.1) is 11.6 Å². The Labute approximate surface area is 235 Å². The van der Waals surface area contributed by atoms with Crippen molar-refractivity contribution in [3.8, 4) is 6.07 Å². The van der Waals surface area contributed by atoms with E-state index in [0.29, 0.717) is 62.3 Å². The van der Waals surface area contributed by atoms with Crippen molar-refractivity contribution in [2.75, 3.05) is 58.2 Å². The number of nitrogens with zero attached hydrogens (tertiary/aromatic N) is 7. The molecule has 3 fully saturated rings. The lowest BCUT2D eigenvalue weighted by Gasteiger charge is -2.32. The van der Waals surface area contributed by atoms with Crippen LogP contribution in [0.15, 0.2) is 28.5 Å². The van der Waals surface area contributed by atoms with Crippen LogP contribution in [0.5, 0.6) is 0 Å². The molecule has 4 heterocycles. The van der Waals surface area contributed by atoms with Crippen molar-refractivity contribution in [2.24, 2.45) is 0 Å². The van der Waals surface area contributed by atoms with E-state index >= 15 is 0 Å². The Kier molecular flexibility index (Phi) is 8.26. The minimum Gasteiger partial charge on any atom is -0.388 e. The van der Waals surface area contributed by atoms with Crippen LogP contribution in [-0.4, -0.2) is 107 Å². The molecule has 0 amide bonds. The minimum absolute atomic E-state index is 0.00864. The van der Waals surface area contributed by atoms with Gasteiger partial charge in [-0.1, -0.05) is 6.08 Å². The van der Waals surface area contributed by atoms with E-state index in [1.807, 2.05) is 6.07 Å². The van der Waals surface area contributed by atoms with Crippen LogP contribution in [0.1, 0.15) is 50.6 Å². The summed E-state index contributed by atoms with van der Waals surface area (Å²) in [6, 6.07) is 2.92. The molecule has 2 atom stereocenters. The third-order valence-electron chi connectivity index (χ3n) is 8.46. The van der Waals surface area contributed by atoms with Gasteiger partial charge in [-0.25, -0.2) is 13.4 Å². The summed E-state index contributed by atoms with van der Waals surface area (Å²) in [6.45, 7) is 6.95. The number of nitrogens with one attached hydrogen (secondary N) is 1. The molecule has 5 rings (SSSR count). The molecule has 13 heteroatoms. The van der Waals surface area contributed by atoms with Crippen molar-refractivity contribution in [1.29, 1.82) is 5.26 Å². The molecule has 12 nitrogen and oxygen atoms in total. The lowest BCUT2D eigenvalue weighted by atomic mass is 9.99. The number of piperazine rings is 1. The molecule has 216 valence electrons. The molecule has 0 radical (unpaired) electrons. The molecule has 0 bridgehead atoms. The molecule has 2 N–H and O–H groups in total. The van der Waals surface area contributed by atoms with Crippen molar-refractivity contribution >= 4 is 27.0 Å². The highest BCUT2D eigenvalue weighted by molar-refractivity contribution is 7.92. The van der Waals surface area contributed by atoms with Crippen molar-refractivity contribution < 1.29 is 13.5 Å². The predicted octanol–water partition coefficient (Wildman–Crippen LogP) is 1.11. The molecular weight excluding hydrogens is 532 g/mol. The first-order valence-electron chi connectivity index (χ1n) is 14.0. The highest BCUT2D eigenvalue weighted by Gasteiger charge is 2.40. The second-order valence-electron chi connectivity index (χ2n) is 11.4. The molecular formula is C27H38N8O4S. The van der Waals surface area contributed by atoms with Gasteiger partial charge in [0.1, 0.15) is 17.3 Å². The van der Waals surface area contributed by atoms with E-state index in [2.05, 4.69) is 32.1 Å². The lowest BCUT2D eigenvalue weighted by Crippen LogP contribution is -2.44. The van der Waals surface area contributed by atoms with Crippen LogP contribution in [0.25, 0.3) is 11.0 Å². The zero-order valence-electron chi connectivity index (χ0n) is 23.2. The Hall–Kier alpha value is -2.89. The highest BCUT2D eigenvalue weighted by atomic mass is 32.2. The van der Waals surface area contributed by atoms with Gasteiger partial charge in [0.15, 0.2) is 0 Å². The molecule has 2 aliphatic heterocycles. The van der Waals surface area contributed by atoms with Gasteiger partial charge in [-0.3, -0.25) is 14.3 Å². The summed E-state index contributed by atoms with van der Waals surface area (Å²) in [5.74, 6) is 0.330. The summed E-state index contributed by atoms with van der Waals surface area (Å²) in [4.78, 5) is 26.7. The van der Waals surface area contributed by atoms with E-state index in [1.54, 1.807) is 19.2 Å². The first-order valence-corrected chi connectivity index (χ1v) is 15.5. The zero-order valence-corrected chi connectivity index (χ0v) is 24.0. The standard InChI is InChI=1S/C27H38N8O4S/c1-27(37)8-3-5-23(27)35-24-21(17-20(18-28)25(35)36)19-29-26(31-24)30-22-6-10-34(11-7-22)40(38,39)16-4-9-33-14-12-32(2)13-15-33/h4,16-17,19,22-23,37H,3,5-15H2,1-2H3,(H,29,30,31)/b16-4+/t23-,27-/m1/s1. The van der Waals surface area contributed by atoms with Gasteiger partial charge in [-0.05, 0) is 52.1 Å². The third kappa shape index (κ3) is 6.06. The maximum atomic E-state index is 13.2. The number of piperidine rings is 1. The average molecular weight is 571 g/mol. The van der Waals surface area contributed by atoms with Gasteiger partial charge >= 0.3 is 0 Å². The van der Waals surface area contributed by atoms with Gasteiger partial charge in [0.25, 0.3) is 5.56 Å². The first kappa shape index (κ1) is 28.6. The number of pyridine rings is 1. The largest absolute Gasteiger partial charge is 0.388 e. The van der Waals surface area contributed by atoms with Crippen molar-refractivity contribution in [3.63, 3.8) is 0 Å². The number of rotatable bonds is 7. The monoisotopic (exact) mass is 570 g/mol. The quantitative estimate of drug-likeness (QED) is 0.496. The van der Waals surface area contributed by atoms with Crippen LogP contribution in [0.4, 0.5) is 5.95 Å². The number of likely N-dealkylation sites (N-methyl/N-ethyl adjacent to an activating group) is 1. The summed E-state index contributed by atoms with van der Waals surface area (Å²) in [5.41, 5.74) is -1.18. The second-order valence-corrected chi connectivity index (χ2v) is 13.2. The Morgan fingerprint density at radius 1 is 1.20 bits per heavy atom. The maximum absolute atomic E-state index is 13.2. The Bertz CT molecular complexity index is 1470. The van der Waals surface area contributed by atoms with Crippen molar-refractivity contribution in [1.82, 2.24) is 28.6 Å². The fourth-order valence-electron chi connectivity index (χ4n) is 5.96. The Morgan fingerprint density at radius 3 is 2.58 bits per heavy atom. The molecule has 40 heavy (non-hydrogen) atoms. The Balaban J connectivity index is 1.25. The molecule has 2 aromatic rings. The molecule has 2 aromatic heterocycles. The molecule has 1 aliphatic carbocycles. The van der Waals surface area contributed by atoms with Gasteiger partial charge in [-0.15, -0.1) is 0 Å². The maximum Gasteiger partial charge on any atom is 0.270 e. The molecule has 0 aromatic carbocycles. The van der Waals surface area contributed by atoms with Gasteiger partial charge in [0, 0.05) is 68.8 Å². The molecule has 0 spiro atoms. The highest BCUT2D eigenvalue weighted by Crippen LogP contribution is 2.39. The number of aliphatic hydroxyl groups is 1. The fraction of sp³-hybridized carbons (Fsp3) is 0.630. The minimum atomic E-state index is -3.49. The number of hydrogen-bond acceptors (Lipinski definition) is 10. The number of hydrogen-bond donors (Lipinski definition) is 2. The average Bonchev–Trinajstić information content (AvgIpc) is 3.28. The summed E-state index contributed by atoms with van der Waals surface area (Å²) >= 11 is 0. The van der Waals surface area contributed by atoms with Crippen LogP contribution >= 0.6 is 0 Å². The van der Waals surface area contributed by atoms with Gasteiger partial charge < -0.3 is 15.3 Å². The van der Waals surface area contributed by atoms with Crippen LogP contribution in [0.3, 0.4) is 0 Å². The second kappa shape index (κ2) is 11.5. The Morgan fingerprint density at radius 2 is 1.93 bits per heavy atom. The normalized spacial score (nSPS) is 26.0. The van der Waals surface area contributed by atoms with Crippen LogP contribution < -0.4 is 10.9 Å². The number of anilines is 1. The number of sulfonamides is 1. The van der Waals surface area contributed by atoms with E-state index in [4.69, 9.17) is 0 Å². The fourth-order valence-corrected chi connectivity index (χ4v) is 7.19. The summed E-state index contributed by atoms with van der Waals surface area (Å²) < 4.78 is 28.7. The van der Waals surface area contributed by atoms with Gasteiger partial charge in [0.2, 0.25) is 16.0 Å². The SMILES string of the molecule is CN1CCN(C/C=C/S(=O)(=O)N2CCC(Nc3ncc4cc(C#N)c(=O)n([C@@H]5CCC[C@@]5(C)O)c4n3)CC2)CC1. The van der Waals surface area contributed by atoms with Crippen LogP contribution in [-0.2, 0) is 10.0 Å². The van der Waals surface area contributed by atoms with E-state index in [9.17, 15) is 23.6 Å². The summed E-state index contributed by atoms with van der Waals surface area (Å²) in [7, 11) is -1.40. The number of aromatic nitrogens is 3. The predicted molar refractivity (Wildman–Crippen MR) is 152 cm³/mol. The van der Waals surface area contributed by atoms with Crippen LogP contribution in [0, 0.1) is 11.3 Å². The van der Waals surface area contributed by atoms with E-state index in [-0.39, 0.29) is 11.6 Å². The molecule has 0 unspecified atom stereocenters. The summed E-state index contributed by atoms with van der Waals surface area (Å²) in [5, 5.41) is 25.6. The number of nitriles is 1. The lowest BCUT2D eigenvalue weighted by molar-refractivity contribution is 0.0266. The number of fused-ring (bicyclic) bond motifs is 1. The van der Waals surface area contributed by atoms with Crippen molar-refractivity contribution in [2.45, 2.75) is 56.7 Å². The molecule has 1 saturated carbocycles. The molecule has 3 aliphatic rings. The smallest absolute Gasteiger partial charge is 0.270 e. The van der Waals surface area contributed by atoms with E-state index < -0.39 is 27.2 Å². The van der Waals surface area contributed by atoms with E-state index in [0.717, 1.165) is 32.6 Å². The van der Waals surface area contributed by atoms with E-state index in [1.165, 1.54) is 20.3 Å². The van der Waals surface area contributed by atoms with Gasteiger partial charge in [-0.2, -0.15) is 14.6 Å². The molecule has 2 saturated heterocycles. The first-order chi connectivity index (χ1) is 19.1. The van der Waals surface area contributed by atoms with Crippen LogP contribution in [0.2, 0.25) is 0 Å².